The van der Waals surface area contributed by atoms with Crippen LogP contribution in [0.4, 0.5) is 0 Å². The van der Waals surface area contributed by atoms with Gasteiger partial charge in [0.25, 0.3) is 0 Å². The third-order valence-electron chi connectivity index (χ3n) is 2.99. The van der Waals surface area contributed by atoms with E-state index >= 15 is 0 Å². The normalized spacial score (nSPS) is 10.5. The summed E-state index contributed by atoms with van der Waals surface area (Å²) in [6, 6.07) is 16.0. The molecular weight excluding hydrogens is 264 g/mol. The average molecular weight is 278 g/mol. The molecule has 0 spiro atoms. The van der Waals surface area contributed by atoms with E-state index in [0.29, 0.717) is 11.1 Å². The van der Waals surface area contributed by atoms with Gasteiger partial charge in [-0.3, -0.25) is 4.79 Å². The summed E-state index contributed by atoms with van der Waals surface area (Å²) in [4.78, 5) is 22.8. The van der Waals surface area contributed by atoms with E-state index in [-0.39, 0.29) is 5.78 Å². The lowest BCUT2D eigenvalue weighted by molar-refractivity contribution is -0.131. The molecule has 0 aromatic heterocycles. The Morgan fingerprint density at radius 1 is 0.905 bits per heavy atom. The zero-order chi connectivity index (χ0) is 15.2. The van der Waals surface area contributed by atoms with Crippen molar-refractivity contribution >= 4 is 23.4 Å². The number of carbonyl (C=O) groups is 2. The highest BCUT2D eigenvalue weighted by molar-refractivity contribution is 6.28. The highest BCUT2D eigenvalue weighted by Crippen LogP contribution is 2.18. The molecule has 0 aliphatic heterocycles. The molecule has 0 unspecified atom stereocenters. The van der Waals surface area contributed by atoms with Crippen molar-refractivity contribution in [1.82, 2.24) is 0 Å². The number of Topliss-reactive ketones (excluding diaryl/α,β-unsaturated/α-hetero) is 1. The van der Waals surface area contributed by atoms with Gasteiger partial charge in [0, 0.05) is 17.2 Å². The molecule has 1 N–H and O–H groups in total. The number of carboxylic acids is 1. The maximum Gasteiger partial charge on any atom is 0.328 e. The number of benzene rings is 2. The first-order valence-corrected chi connectivity index (χ1v) is 6.38. The second-order valence-electron chi connectivity index (χ2n) is 4.47. The summed E-state index contributed by atoms with van der Waals surface area (Å²) in [6.45, 7) is 3.84. The van der Waals surface area contributed by atoms with Crippen LogP contribution in [0.5, 0.6) is 0 Å². The summed E-state index contributed by atoms with van der Waals surface area (Å²) >= 11 is 0. The molecule has 3 heteroatoms. The van der Waals surface area contributed by atoms with Gasteiger partial charge in [-0.25, -0.2) is 4.79 Å². The monoisotopic (exact) mass is 278 g/mol. The quantitative estimate of drug-likeness (QED) is 0.670. The number of carbonyl (C=O) groups excluding carboxylic acids is 1. The first-order chi connectivity index (χ1) is 10.1. The predicted octanol–water partition coefficient (Wildman–Crippen LogP) is 3.68. The molecule has 0 heterocycles. The van der Waals surface area contributed by atoms with Gasteiger partial charge in [-0.1, -0.05) is 61.2 Å². The lowest BCUT2D eigenvalue weighted by Gasteiger charge is -2.05. The van der Waals surface area contributed by atoms with Crippen molar-refractivity contribution in [3.05, 3.63) is 83.9 Å². The second kappa shape index (κ2) is 6.48. The van der Waals surface area contributed by atoms with Crippen LogP contribution >= 0.6 is 0 Å². The number of allylic oxidation sites excluding steroid dienone is 1. The van der Waals surface area contributed by atoms with Crippen LogP contribution in [-0.4, -0.2) is 16.9 Å². The van der Waals surface area contributed by atoms with Crippen LogP contribution in [0.25, 0.3) is 11.6 Å². The molecule has 0 fully saturated rings. The molecule has 3 nitrogen and oxygen atoms in total. The molecule has 0 aliphatic carbocycles. The van der Waals surface area contributed by atoms with Gasteiger partial charge in [0.05, 0.1) is 0 Å². The third-order valence-corrected chi connectivity index (χ3v) is 2.99. The Labute approximate surface area is 122 Å². The molecule has 0 saturated carbocycles. The fraction of sp³-hybridized carbons (Fsp3) is 0. The topological polar surface area (TPSA) is 54.4 Å². The van der Waals surface area contributed by atoms with E-state index in [1.807, 2.05) is 30.3 Å². The summed E-state index contributed by atoms with van der Waals surface area (Å²) in [7, 11) is 0. The Morgan fingerprint density at radius 2 is 1.52 bits per heavy atom. The van der Waals surface area contributed by atoms with Crippen molar-refractivity contribution in [1.29, 1.82) is 0 Å². The second-order valence-corrected chi connectivity index (χ2v) is 4.47. The molecule has 21 heavy (non-hydrogen) atoms. The fourth-order valence-electron chi connectivity index (χ4n) is 1.86. The van der Waals surface area contributed by atoms with E-state index in [1.54, 1.807) is 24.3 Å². The van der Waals surface area contributed by atoms with E-state index in [4.69, 9.17) is 5.11 Å². The minimum atomic E-state index is -1.01. The van der Waals surface area contributed by atoms with Gasteiger partial charge < -0.3 is 5.11 Å². The molecule has 2 aromatic rings. The highest BCUT2D eigenvalue weighted by atomic mass is 16.4. The molecule has 0 amide bonds. The van der Waals surface area contributed by atoms with Crippen LogP contribution in [0.15, 0.2) is 67.3 Å². The van der Waals surface area contributed by atoms with Crippen molar-refractivity contribution in [3.8, 4) is 0 Å². The number of carboxylic acid groups (broad SMARTS) is 1. The Kier molecular flexibility index (Phi) is 4.46. The van der Waals surface area contributed by atoms with Crippen molar-refractivity contribution in [3.63, 3.8) is 0 Å². The van der Waals surface area contributed by atoms with Crippen LogP contribution in [0.3, 0.4) is 0 Å². The van der Waals surface area contributed by atoms with Gasteiger partial charge in [0.1, 0.15) is 0 Å². The van der Waals surface area contributed by atoms with Gasteiger partial charge in [-0.15, -0.1) is 0 Å². The lowest BCUT2D eigenvalue weighted by Crippen LogP contribution is -2.01. The zero-order valence-electron chi connectivity index (χ0n) is 11.3. The number of hydrogen-bond acceptors (Lipinski definition) is 2. The van der Waals surface area contributed by atoms with Gasteiger partial charge in [0.15, 0.2) is 5.78 Å². The predicted molar refractivity (Wildman–Crippen MR) is 82.9 cm³/mol. The molecule has 0 saturated heterocycles. The SMILES string of the molecule is C=C(C(=O)c1ccc(/C=C\C(=O)O)cc1)c1ccccc1. The minimum Gasteiger partial charge on any atom is -0.478 e. The molecular formula is C18H14O3. The van der Waals surface area contributed by atoms with Crippen LogP contribution < -0.4 is 0 Å². The van der Waals surface area contributed by atoms with Crippen molar-refractivity contribution in [2.24, 2.45) is 0 Å². The van der Waals surface area contributed by atoms with Gasteiger partial charge in [-0.2, -0.15) is 0 Å². The Balaban J connectivity index is 2.17. The van der Waals surface area contributed by atoms with E-state index in [2.05, 4.69) is 6.58 Å². The summed E-state index contributed by atoms with van der Waals surface area (Å²) in [6.07, 6.45) is 2.53. The largest absolute Gasteiger partial charge is 0.478 e. The van der Waals surface area contributed by atoms with Crippen molar-refractivity contribution < 1.29 is 14.7 Å². The maximum atomic E-state index is 12.3. The summed E-state index contributed by atoms with van der Waals surface area (Å²) in [5.74, 6) is -1.15. The van der Waals surface area contributed by atoms with Gasteiger partial charge in [0.2, 0.25) is 0 Å². The first kappa shape index (κ1) is 14.5. The Hall–Kier alpha value is -2.94. The smallest absolute Gasteiger partial charge is 0.328 e. The first-order valence-electron chi connectivity index (χ1n) is 6.38. The van der Waals surface area contributed by atoms with E-state index < -0.39 is 5.97 Å². The summed E-state index contributed by atoms with van der Waals surface area (Å²) in [5.41, 5.74) is 2.47. The molecule has 2 aromatic carbocycles. The molecule has 0 radical (unpaired) electrons. The van der Waals surface area contributed by atoms with E-state index in [0.717, 1.165) is 17.2 Å². The summed E-state index contributed by atoms with van der Waals surface area (Å²) in [5, 5.41) is 8.56. The molecule has 104 valence electrons. The highest BCUT2D eigenvalue weighted by Gasteiger charge is 2.11. The van der Waals surface area contributed by atoms with Crippen molar-refractivity contribution in [2.75, 3.05) is 0 Å². The lowest BCUT2D eigenvalue weighted by atomic mass is 9.97. The van der Waals surface area contributed by atoms with Crippen LogP contribution in [0, 0.1) is 0 Å². The zero-order valence-corrected chi connectivity index (χ0v) is 11.3. The number of hydrogen-bond donors (Lipinski definition) is 1. The standard InChI is InChI=1S/C18H14O3/c1-13(15-5-3-2-4-6-15)18(21)16-10-7-14(8-11-16)9-12-17(19)20/h2-12H,1H2,(H,19,20)/b12-9-. The fourth-order valence-corrected chi connectivity index (χ4v) is 1.86. The number of rotatable bonds is 5. The molecule has 0 bridgehead atoms. The Bertz CT molecular complexity index is 695. The van der Waals surface area contributed by atoms with Crippen LogP contribution in [0.1, 0.15) is 21.5 Å². The maximum absolute atomic E-state index is 12.3. The molecule has 0 aliphatic rings. The summed E-state index contributed by atoms with van der Waals surface area (Å²) < 4.78 is 0. The van der Waals surface area contributed by atoms with Crippen molar-refractivity contribution in [2.45, 2.75) is 0 Å². The number of aliphatic carboxylic acids is 1. The van der Waals surface area contributed by atoms with E-state index in [1.165, 1.54) is 6.08 Å². The average Bonchev–Trinajstić information content (AvgIpc) is 2.53. The minimum absolute atomic E-state index is 0.144. The van der Waals surface area contributed by atoms with Gasteiger partial charge in [-0.05, 0) is 17.2 Å². The van der Waals surface area contributed by atoms with Crippen LogP contribution in [0.2, 0.25) is 0 Å². The van der Waals surface area contributed by atoms with E-state index in [9.17, 15) is 9.59 Å². The van der Waals surface area contributed by atoms with Crippen LogP contribution in [-0.2, 0) is 4.79 Å². The number of ketones is 1. The Morgan fingerprint density at radius 3 is 2.10 bits per heavy atom. The third kappa shape index (κ3) is 3.76. The molecule has 0 atom stereocenters. The van der Waals surface area contributed by atoms with Gasteiger partial charge >= 0.3 is 5.97 Å². The molecule has 2 rings (SSSR count).